The first-order valence-corrected chi connectivity index (χ1v) is 5.38. The van der Waals surface area contributed by atoms with Crippen LogP contribution < -0.4 is 5.73 Å². The predicted molar refractivity (Wildman–Crippen MR) is 55.0 cm³/mol. The minimum atomic E-state index is 0.0456. The first-order valence-electron chi connectivity index (χ1n) is 5.38. The van der Waals surface area contributed by atoms with Crippen molar-refractivity contribution < 1.29 is 5.11 Å². The van der Waals surface area contributed by atoms with Crippen LogP contribution in [0.25, 0.3) is 0 Å². The number of rotatable bonds is 1. The fraction of sp³-hybridized carbons (Fsp3) is 0.900. The average molecular weight is 197 g/mol. The summed E-state index contributed by atoms with van der Waals surface area (Å²) in [6.07, 6.45) is 4.75. The lowest BCUT2D eigenvalue weighted by atomic mass is 9.69. The minimum Gasteiger partial charge on any atom is -0.396 e. The van der Waals surface area contributed by atoms with E-state index < -0.39 is 0 Å². The normalized spacial score (nSPS) is 36.9. The number of aliphatic hydroxyl groups is 1. The average Bonchev–Trinajstić information content (AvgIpc) is 2.57. The molecule has 0 aromatic heterocycles. The van der Waals surface area contributed by atoms with E-state index >= 15 is 0 Å². The zero-order valence-corrected chi connectivity index (χ0v) is 8.50. The molecule has 0 aromatic carbocycles. The zero-order valence-electron chi connectivity index (χ0n) is 8.50. The number of hydrogen-bond donors (Lipinski definition) is 3. The maximum atomic E-state index is 9.51. The van der Waals surface area contributed by atoms with E-state index in [0.29, 0.717) is 5.92 Å². The Balaban J connectivity index is 2.14. The van der Waals surface area contributed by atoms with E-state index in [0.717, 1.165) is 19.5 Å². The van der Waals surface area contributed by atoms with Gasteiger partial charge in [0, 0.05) is 18.5 Å². The van der Waals surface area contributed by atoms with Crippen molar-refractivity contribution >= 4 is 5.96 Å². The van der Waals surface area contributed by atoms with E-state index in [1.807, 2.05) is 4.90 Å². The molecule has 80 valence electrons. The van der Waals surface area contributed by atoms with Crippen LogP contribution in [0, 0.1) is 16.7 Å². The lowest BCUT2D eigenvalue weighted by molar-refractivity contribution is 0.0602. The number of likely N-dealkylation sites (tertiary alicyclic amines) is 1. The Bertz CT molecular complexity index is 244. The minimum absolute atomic E-state index is 0.0456. The predicted octanol–water partition coefficient (Wildman–Crippen LogP) is 0.364. The maximum Gasteiger partial charge on any atom is 0.188 e. The van der Waals surface area contributed by atoms with Gasteiger partial charge in [-0.1, -0.05) is 12.8 Å². The van der Waals surface area contributed by atoms with E-state index in [4.69, 9.17) is 11.1 Å². The highest BCUT2D eigenvalue weighted by Crippen LogP contribution is 2.46. The Kier molecular flexibility index (Phi) is 2.39. The Morgan fingerprint density at radius 1 is 1.57 bits per heavy atom. The van der Waals surface area contributed by atoms with Gasteiger partial charge in [-0.05, 0) is 18.8 Å². The molecular formula is C10H19N3O. The molecule has 2 aliphatic rings. The fourth-order valence-electron chi connectivity index (χ4n) is 3.02. The number of fused-ring (bicyclic) bond motifs is 1. The Labute approximate surface area is 84.6 Å². The molecule has 2 fully saturated rings. The number of nitrogens with one attached hydrogen (secondary N) is 1. The van der Waals surface area contributed by atoms with Crippen LogP contribution in [0.15, 0.2) is 0 Å². The third-order valence-electron chi connectivity index (χ3n) is 3.95. The lowest BCUT2D eigenvalue weighted by Gasteiger charge is -2.36. The summed E-state index contributed by atoms with van der Waals surface area (Å²) in [5.74, 6) is 0.706. The van der Waals surface area contributed by atoms with Gasteiger partial charge in [-0.3, -0.25) is 5.41 Å². The summed E-state index contributed by atoms with van der Waals surface area (Å²) in [4.78, 5) is 1.91. The van der Waals surface area contributed by atoms with Crippen molar-refractivity contribution in [1.29, 1.82) is 5.41 Å². The molecule has 1 heterocycles. The van der Waals surface area contributed by atoms with E-state index in [1.54, 1.807) is 0 Å². The molecule has 0 unspecified atom stereocenters. The largest absolute Gasteiger partial charge is 0.396 e. The number of nitrogens with zero attached hydrogens (tertiary/aromatic N) is 1. The molecule has 2 atom stereocenters. The van der Waals surface area contributed by atoms with Gasteiger partial charge in [-0.15, -0.1) is 0 Å². The van der Waals surface area contributed by atoms with Crippen molar-refractivity contribution in [2.75, 3.05) is 19.7 Å². The third-order valence-corrected chi connectivity index (χ3v) is 3.95. The molecule has 2 rings (SSSR count). The van der Waals surface area contributed by atoms with Crippen molar-refractivity contribution in [3.63, 3.8) is 0 Å². The summed E-state index contributed by atoms with van der Waals surface area (Å²) in [5.41, 5.74) is 5.54. The molecule has 0 spiro atoms. The summed E-state index contributed by atoms with van der Waals surface area (Å²) in [6.45, 7) is 1.90. The van der Waals surface area contributed by atoms with E-state index in [2.05, 4.69) is 0 Å². The van der Waals surface area contributed by atoms with Crippen LogP contribution in [-0.4, -0.2) is 35.7 Å². The zero-order chi connectivity index (χ0) is 10.2. The second kappa shape index (κ2) is 3.42. The molecular weight excluding hydrogens is 178 g/mol. The maximum absolute atomic E-state index is 9.51. The second-order valence-electron chi connectivity index (χ2n) is 4.73. The van der Waals surface area contributed by atoms with Gasteiger partial charge in [0.2, 0.25) is 0 Å². The summed E-state index contributed by atoms with van der Waals surface area (Å²) in [7, 11) is 0. The molecule has 1 saturated carbocycles. The second-order valence-corrected chi connectivity index (χ2v) is 4.73. The standard InChI is InChI=1S/C10H19N3O/c11-9(12)13-5-8-3-1-2-4-10(8,6-13)7-14/h8,14H,1-7H2,(H3,11,12)/t8-,10-/m0/s1. The molecule has 4 heteroatoms. The fourth-order valence-corrected chi connectivity index (χ4v) is 3.02. The molecule has 0 bridgehead atoms. The Morgan fingerprint density at radius 3 is 2.93 bits per heavy atom. The quantitative estimate of drug-likeness (QED) is 0.420. The number of nitrogens with two attached hydrogens (primary N) is 1. The Morgan fingerprint density at radius 2 is 2.36 bits per heavy atom. The molecule has 4 nitrogen and oxygen atoms in total. The number of hydrogen-bond acceptors (Lipinski definition) is 2. The molecule has 1 aliphatic carbocycles. The summed E-state index contributed by atoms with van der Waals surface area (Å²) in [6, 6.07) is 0. The first-order chi connectivity index (χ1) is 6.68. The summed E-state index contributed by atoms with van der Waals surface area (Å²) < 4.78 is 0. The van der Waals surface area contributed by atoms with Gasteiger partial charge in [0.05, 0.1) is 6.61 Å². The molecule has 0 amide bonds. The highest BCUT2D eigenvalue weighted by molar-refractivity contribution is 5.75. The van der Waals surface area contributed by atoms with Gasteiger partial charge in [-0.2, -0.15) is 0 Å². The smallest absolute Gasteiger partial charge is 0.188 e. The molecule has 0 aromatic rings. The van der Waals surface area contributed by atoms with Crippen LogP contribution in [0.5, 0.6) is 0 Å². The van der Waals surface area contributed by atoms with E-state index in [1.165, 1.54) is 19.3 Å². The lowest BCUT2D eigenvalue weighted by Crippen LogP contribution is -2.39. The first kappa shape index (κ1) is 9.77. The van der Waals surface area contributed by atoms with E-state index in [9.17, 15) is 5.11 Å². The van der Waals surface area contributed by atoms with Crippen molar-refractivity contribution in [1.82, 2.24) is 4.90 Å². The molecule has 4 N–H and O–H groups in total. The van der Waals surface area contributed by atoms with Gasteiger partial charge in [0.1, 0.15) is 0 Å². The topological polar surface area (TPSA) is 73.3 Å². The Hall–Kier alpha value is -0.770. The van der Waals surface area contributed by atoms with Crippen LogP contribution >= 0.6 is 0 Å². The molecule has 1 saturated heterocycles. The van der Waals surface area contributed by atoms with Gasteiger partial charge < -0.3 is 15.7 Å². The van der Waals surface area contributed by atoms with Crippen molar-refractivity contribution in [2.45, 2.75) is 25.7 Å². The van der Waals surface area contributed by atoms with Crippen LogP contribution in [-0.2, 0) is 0 Å². The van der Waals surface area contributed by atoms with Gasteiger partial charge in [0.25, 0.3) is 0 Å². The van der Waals surface area contributed by atoms with Crippen LogP contribution in [0.4, 0.5) is 0 Å². The van der Waals surface area contributed by atoms with Crippen molar-refractivity contribution in [3.8, 4) is 0 Å². The van der Waals surface area contributed by atoms with Crippen LogP contribution in [0.2, 0.25) is 0 Å². The highest BCUT2D eigenvalue weighted by atomic mass is 16.3. The van der Waals surface area contributed by atoms with Crippen LogP contribution in [0.1, 0.15) is 25.7 Å². The van der Waals surface area contributed by atoms with E-state index in [-0.39, 0.29) is 18.0 Å². The summed E-state index contributed by atoms with van der Waals surface area (Å²) >= 11 is 0. The highest BCUT2D eigenvalue weighted by Gasteiger charge is 2.47. The van der Waals surface area contributed by atoms with Crippen molar-refractivity contribution in [3.05, 3.63) is 0 Å². The SMILES string of the molecule is N=C(N)N1C[C@@H]2CCCC[C@@]2(CO)C1. The third kappa shape index (κ3) is 1.38. The molecule has 1 aliphatic heterocycles. The molecule has 14 heavy (non-hydrogen) atoms. The number of guanidine groups is 1. The van der Waals surface area contributed by atoms with Gasteiger partial charge >= 0.3 is 0 Å². The van der Waals surface area contributed by atoms with Crippen molar-refractivity contribution in [2.24, 2.45) is 17.1 Å². The molecule has 0 radical (unpaired) electrons. The summed E-state index contributed by atoms with van der Waals surface area (Å²) in [5, 5.41) is 16.9. The number of aliphatic hydroxyl groups excluding tert-OH is 1. The van der Waals surface area contributed by atoms with Gasteiger partial charge in [-0.25, -0.2) is 0 Å². The van der Waals surface area contributed by atoms with Crippen LogP contribution in [0.3, 0.4) is 0 Å². The van der Waals surface area contributed by atoms with Gasteiger partial charge in [0.15, 0.2) is 5.96 Å². The monoisotopic (exact) mass is 197 g/mol.